The summed E-state index contributed by atoms with van der Waals surface area (Å²) in [5, 5.41) is 3.40. The topological polar surface area (TPSA) is 41.6 Å². The van der Waals surface area contributed by atoms with Gasteiger partial charge < -0.3 is 15.0 Å². The fourth-order valence-electron chi connectivity index (χ4n) is 3.49. The minimum absolute atomic E-state index is 0.0523. The Hall–Kier alpha value is -2.02. The lowest BCUT2D eigenvalue weighted by Gasteiger charge is -2.19. The molecule has 1 aromatic rings. The predicted octanol–water partition coefficient (Wildman–Crippen LogP) is 3.06. The van der Waals surface area contributed by atoms with Gasteiger partial charge in [0, 0.05) is 19.2 Å². The Labute approximate surface area is 144 Å². The summed E-state index contributed by atoms with van der Waals surface area (Å²) in [6.45, 7) is 3.58. The van der Waals surface area contributed by atoms with E-state index in [9.17, 15) is 18.0 Å². The van der Waals surface area contributed by atoms with Crippen LogP contribution in [0.15, 0.2) is 30.3 Å². The molecule has 0 radical (unpaired) electrons. The lowest BCUT2D eigenvalue weighted by Crippen LogP contribution is -2.31. The number of nitrogens with zero attached hydrogens (tertiary/aromatic N) is 1. The Morgan fingerprint density at radius 2 is 1.72 bits per heavy atom. The van der Waals surface area contributed by atoms with E-state index >= 15 is 0 Å². The largest absolute Gasteiger partial charge is 0.573 e. The number of carbonyl (C=O) groups is 1. The number of ether oxygens (including phenoxy) is 1. The van der Waals surface area contributed by atoms with Gasteiger partial charge in [-0.05, 0) is 61.5 Å². The molecule has 1 aromatic carbocycles. The van der Waals surface area contributed by atoms with Crippen molar-refractivity contribution in [2.45, 2.75) is 19.2 Å². The van der Waals surface area contributed by atoms with Crippen LogP contribution in [0.2, 0.25) is 0 Å². The number of carbonyl (C=O) groups excluding carboxylic acids is 1. The summed E-state index contributed by atoms with van der Waals surface area (Å²) < 4.78 is 40.2. The van der Waals surface area contributed by atoms with Gasteiger partial charge >= 0.3 is 6.36 Å². The summed E-state index contributed by atoms with van der Waals surface area (Å²) in [4.78, 5) is 14.2. The summed E-state index contributed by atoms with van der Waals surface area (Å²) in [6.07, 6.45) is 0.432. The Kier molecular flexibility index (Phi) is 5.32. The van der Waals surface area contributed by atoms with E-state index < -0.39 is 6.36 Å². The number of halogens is 3. The second kappa shape index (κ2) is 7.47. The molecule has 0 saturated carbocycles. The highest BCUT2D eigenvalue weighted by molar-refractivity contribution is 5.91. The molecule has 0 aliphatic carbocycles. The molecule has 0 spiro atoms. The fraction of sp³-hybridized carbons (Fsp3) is 0.500. The minimum atomic E-state index is -4.70. The lowest BCUT2D eigenvalue weighted by atomic mass is 9.92. The predicted molar refractivity (Wildman–Crippen MR) is 87.8 cm³/mol. The standard InChI is InChI=1S/C18H21F3N2O2/c19-18(20,21)25-16-4-1-13(2-5-16)3-6-17(24)23-9-7-14-11-22-12-15(14)8-10-23/h1-6,14-15,22H,7-12H2/t14-,15+. The van der Waals surface area contributed by atoms with Gasteiger partial charge in [-0.25, -0.2) is 0 Å². The number of hydrogen-bond donors (Lipinski definition) is 1. The number of likely N-dealkylation sites (tertiary alicyclic amines) is 1. The minimum Gasteiger partial charge on any atom is -0.406 e. The second-order valence-corrected chi connectivity index (χ2v) is 6.53. The van der Waals surface area contributed by atoms with Crippen LogP contribution < -0.4 is 10.1 Å². The first-order valence-corrected chi connectivity index (χ1v) is 8.44. The average molecular weight is 354 g/mol. The van der Waals surface area contributed by atoms with Crippen molar-refractivity contribution in [3.63, 3.8) is 0 Å². The molecule has 0 bridgehead atoms. The van der Waals surface area contributed by atoms with Crippen LogP contribution in [-0.4, -0.2) is 43.3 Å². The number of fused-ring (bicyclic) bond motifs is 1. The molecule has 1 amide bonds. The van der Waals surface area contributed by atoms with Crippen LogP contribution in [0, 0.1) is 11.8 Å². The number of alkyl halides is 3. The van der Waals surface area contributed by atoms with Gasteiger partial charge in [-0.2, -0.15) is 0 Å². The van der Waals surface area contributed by atoms with E-state index in [1.807, 2.05) is 4.90 Å². The van der Waals surface area contributed by atoms with Gasteiger partial charge in [0.2, 0.25) is 5.91 Å². The summed E-state index contributed by atoms with van der Waals surface area (Å²) in [6, 6.07) is 5.45. The number of hydrogen-bond acceptors (Lipinski definition) is 3. The first kappa shape index (κ1) is 17.8. The second-order valence-electron chi connectivity index (χ2n) is 6.53. The first-order valence-electron chi connectivity index (χ1n) is 8.44. The molecule has 136 valence electrons. The Bertz CT molecular complexity index is 614. The van der Waals surface area contributed by atoms with Crippen molar-refractivity contribution < 1.29 is 22.7 Å². The highest BCUT2D eigenvalue weighted by Gasteiger charge is 2.31. The highest BCUT2D eigenvalue weighted by Crippen LogP contribution is 2.27. The normalized spacial score (nSPS) is 24.2. The summed E-state index contributed by atoms with van der Waals surface area (Å²) in [5.41, 5.74) is 0.652. The van der Waals surface area contributed by atoms with Crippen LogP contribution in [0.25, 0.3) is 6.08 Å². The molecule has 2 heterocycles. The molecule has 2 saturated heterocycles. The summed E-state index contributed by atoms with van der Waals surface area (Å²) in [5.74, 6) is 0.984. The molecule has 2 fully saturated rings. The average Bonchev–Trinajstić information content (AvgIpc) is 2.91. The fourth-order valence-corrected chi connectivity index (χ4v) is 3.49. The highest BCUT2D eigenvalue weighted by atomic mass is 19.4. The van der Waals surface area contributed by atoms with E-state index in [2.05, 4.69) is 10.1 Å². The van der Waals surface area contributed by atoms with Gasteiger partial charge in [-0.15, -0.1) is 13.2 Å². The van der Waals surface area contributed by atoms with Crippen molar-refractivity contribution in [3.8, 4) is 5.75 Å². The molecule has 0 aromatic heterocycles. The zero-order valence-corrected chi connectivity index (χ0v) is 13.8. The van der Waals surface area contributed by atoms with Gasteiger partial charge in [0.25, 0.3) is 0 Å². The third kappa shape index (κ3) is 4.98. The molecule has 7 heteroatoms. The van der Waals surface area contributed by atoms with E-state index in [1.54, 1.807) is 6.08 Å². The van der Waals surface area contributed by atoms with Crippen molar-refractivity contribution in [1.82, 2.24) is 10.2 Å². The van der Waals surface area contributed by atoms with E-state index in [1.165, 1.54) is 30.3 Å². The first-order chi connectivity index (χ1) is 11.9. The van der Waals surface area contributed by atoms with Crippen molar-refractivity contribution in [3.05, 3.63) is 35.9 Å². The van der Waals surface area contributed by atoms with Crippen LogP contribution in [-0.2, 0) is 4.79 Å². The Morgan fingerprint density at radius 1 is 1.12 bits per heavy atom. The third-order valence-corrected chi connectivity index (χ3v) is 4.86. The molecule has 0 unspecified atom stereocenters. The number of nitrogens with one attached hydrogen (secondary N) is 1. The van der Waals surface area contributed by atoms with E-state index in [-0.39, 0.29) is 11.7 Å². The van der Waals surface area contributed by atoms with E-state index in [4.69, 9.17) is 0 Å². The van der Waals surface area contributed by atoms with Crippen LogP contribution in [0.4, 0.5) is 13.2 Å². The Morgan fingerprint density at radius 3 is 2.28 bits per heavy atom. The molecule has 2 aliphatic rings. The molecule has 1 N–H and O–H groups in total. The smallest absolute Gasteiger partial charge is 0.406 e. The molecule has 3 rings (SSSR count). The van der Waals surface area contributed by atoms with Crippen LogP contribution in [0.1, 0.15) is 18.4 Å². The molecule has 4 nitrogen and oxygen atoms in total. The van der Waals surface area contributed by atoms with Crippen LogP contribution >= 0.6 is 0 Å². The molecule has 2 atom stereocenters. The summed E-state index contributed by atoms with van der Waals surface area (Å²) >= 11 is 0. The Balaban J connectivity index is 1.55. The number of benzene rings is 1. The van der Waals surface area contributed by atoms with Crippen molar-refractivity contribution in [2.24, 2.45) is 11.8 Å². The van der Waals surface area contributed by atoms with Gasteiger partial charge in [0.1, 0.15) is 5.75 Å². The zero-order chi connectivity index (χ0) is 17.9. The van der Waals surface area contributed by atoms with Crippen LogP contribution in [0.3, 0.4) is 0 Å². The van der Waals surface area contributed by atoms with Crippen LogP contribution in [0.5, 0.6) is 5.75 Å². The zero-order valence-electron chi connectivity index (χ0n) is 13.8. The monoisotopic (exact) mass is 354 g/mol. The molecule has 2 aliphatic heterocycles. The van der Waals surface area contributed by atoms with Crippen molar-refractivity contribution in [2.75, 3.05) is 26.2 Å². The van der Waals surface area contributed by atoms with E-state index in [0.717, 1.165) is 39.0 Å². The third-order valence-electron chi connectivity index (χ3n) is 4.86. The maximum absolute atomic E-state index is 12.3. The van der Waals surface area contributed by atoms with Crippen molar-refractivity contribution in [1.29, 1.82) is 0 Å². The molecule has 25 heavy (non-hydrogen) atoms. The maximum Gasteiger partial charge on any atom is 0.573 e. The number of amides is 1. The number of rotatable bonds is 3. The molecular formula is C18H21F3N2O2. The SMILES string of the molecule is O=C(C=Cc1ccc(OC(F)(F)F)cc1)N1CC[C@@H]2CNC[C@@H]2CC1. The maximum atomic E-state index is 12.3. The van der Waals surface area contributed by atoms with Gasteiger partial charge in [0.15, 0.2) is 0 Å². The van der Waals surface area contributed by atoms with E-state index in [0.29, 0.717) is 17.4 Å². The summed E-state index contributed by atoms with van der Waals surface area (Å²) in [7, 11) is 0. The van der Waals surface area contributed by atoms with Crippen molar-refractivity contribution >= 4 is 12.0 Å². The lowest BCUT2D eigenvalue weighted by molar-refractivity contribution is -0.274. The van der Waals surface area contributed by atoms with Gasteiger partial charge in [-0.3, -0.25) is 4.79 Å². The quantitative estimate of drug-likeness (QED) is 0.849. The molecular weight excluding hydrogens is 333 g/mol. The van der Waals surface area contributed by atoms with Gasteiger partial charge in [-0.1, -0.05) is 12.1 Å². The van der Waals surface area contributed by atoms with Gasteiger partial charge in [0.05, 0.1) is 0 Å².